The number of aliphatic hydroxyl groups is 1. The SMILES string of the molecule is COc1cc(/C(O)=C2\C(=O)C(=O)N(c3nc4ccccc4[nH]3)C2c2ccc(OC)c(OC)c2)c(OC)cc1Cl. The Bertz CT molecular complexity index is 1610. The third-order valence-corrected chi connectivity index (χ3v) is 6.80. The summed E-state index contributed by atoms with van der Waals surface area (Å²) in [6, 6.07) is 14.0. The second kappa shape index (κ2) is 10.2. The normalized spacial score (nSPS) is 16.5. The van der Waals surface area contributed by atoms with Crippen LogP contribution in [0, 0.1) is 0 Å². The highest BCUT2D eigenvalue weighted by molar-refractivity contribution is 6.51. The van der Waals surface area contributed by atoms with E-state index in [1.807, 2.05) is 12.1 Å². The van der Waals surface area contributed by atoms with E-state index in [-0.39, 0.29) is 33.6 Å². The molecule has 1 atom stereocenters. The van der Waals surface area contributed by atoms with E-state index in [2.05, 4.69) is 9.97 Å². The van der Waals surface area contributed by atoms with Crippen LogP contribution in [-0.4, -0.2) is 55.2 Å². The van der Waals surface area contributed by atoms with Crippen molar-refractivity contribution in [3.05, 3.63) is 76.3 Å². The minimum Gasteiger partial charge on any atom is -0.507 e. The number of halogens is 1. The van der Waals surface area contributed by atoms with E-state index in [9.17, 15) is 14.7 Å². The van der Waals surface area contributed by atoms with Gasteiger partial charge in [-0.2, -0.15) is 0 Å². The van der Waals surface area contributed by atoms with Crippen LogP contribution >= 0.6 is 11.6 Å². The highest BCUT2D eigenvalue weighted by Crippen LogP contribution is 2.45. The molecule has 10 nitrogen and oxygen atoms in total. The fraction of sp³-hybridized carbons (Fsp3) is 0.179. The van der Waals surface area contributed by atoms with Gasteiger partial charge in [-0.1, -0.05) is 29.8 Å². The molecule has 2 heterocycles. The third-order valence-electron chi connectivity index (χ3n) is 6.50. The maximum absolute atomic E-state index is 13.6. The van der Waals surface area contributed by atoms with Crippen molar-refractivity contribution >= 4 is 46.0 Å². The summed E-state index contributed by atoms with van der Waals surface area (Å²) in [5, 5.41) is 11.9. The van der Waals surface area contributed by atoms with Gasteiger partial charge in [0.2, 0.25) is 5.95 Å². The van der Waals surface area contributed by atoms with Gasteiger partial charge >= 0.3 is 5.91 Å². The van der Waals surface area contributed by atoms with Gasteiger partial charge in [-0.05, 0) is 35.9 Å². The summed E-state index contributed by atoms with van der Waals surface area (Å²) in [6.07, 6.45) is 0. The summed E-state index contributed by atoms with van der Waals surface area (Å²) in [6.45, 7) is 0. The molecule has 2 N–H and O–H groups in total. The van der Waals surface area contributed by atoms with Crippen LogP contribution in [0.15, 0.2) is 60.2 Å². The molecule has 0 saturated carbocycles. The Morgan fingerprint density at radius 1 is 0.897 bits per heavy atom. The number of fused-ring (bicyclic) bond motifs is 1. The van der Waals surface area contributed by atoms with Gasteiger partial charge in [0.05, 0.1) is 61.7 Å². The molecule has 1 aliphatic heterocycles. The topological polar surface area (TPSA) is 123 Å². The van der Waals surface area contributed by atoms with Crippen molar-refractivity contribution in [1.82, 2.24) is 9.97 Å². The maximum atomic E-state index is 13.6. The number of aromatic amines is 1. The predicted octanol–water partition coefficient (Wildman–Crippen LogP) is 4.88. The van der Waals surface area contributed by atoms with Crippen LogP contribution in [0.5, 0.6) is 23.0 Å². The Morgan fingerprint density at radius 3 is 2.26 bits per heavy atom. The Morgan fingerprint density at radius 2 is 1.59 bits per heavy atom. The summed E-state index contributed by atoms with van der Waals surface area (Å²) < 4.78 is 21.6. The van der Waals surface area contributed by atoms with Crippen molar-refractivity contribution in [3.8, 4) is 23.0 Å². The quantitative estimate of drug-likeness (QED) is 0.190. The van der Waals surface area contributed by atoms with Gasteiger partial charge in [-0.15, -0.1) is 0 Å². The Hall–Kier alpha value is -4.70. The van der Waals surface area contributed by atoms with Crippen LogP contribution in [0.1, 0.15) is 17.2 Å². The first-order chi connectivity index (χ1) is 18.8. The minimum atomic E-state index is -1.09. The van der Waals surface area contributed by atoms with Gasteiger partial charge in [-0.3, -0.25) is 14.5 Å². The number of carbonyl (C=O) groups excluding carboxylic acids is 2. The van der Waals surface area contributed by atoms with Crippen LogP contribution in [0.3, 0.4) is 0 Å². The molecule has 0 bridgehead atoms. The molecule has 1 aliphatic rings. The van der Waals surface area contributed by atoms with Gasteiger partial charge in [0.1, 0.15) is 17.3 Å². The van der Waals surface area contributed by atoms with E-state index in [1.54, 1.807) is 30.3 Å². The number of H-pyrrole nitrogens is 1. The smallest absolute Gasteiger partial charge is 0.302 e. The zero-order chi connectivity index (χ0) is 27.8. The van der Waals surface area contributed by atoms with Gasteiger partial charge in [0.25, 0.3) is 5.78 Å². The van der Waals surface area contributed by atoms with E-state index in [4.69, 9.17) is 30.5 Å². The average Bonchev–Trinajstić information content (AvgIpc) is 3.50. The summed E-state index contributed by atoms with van der Waals surface area (Å²) in [5.74, 6) is -0.884. The predicted molar refractivity (Wildman–Crippen MR) is 145 cm³/mol. The molecule has 0 radical (unpaired) electrons. The molecule has 5 rings (SSSR count). The zero-order valence-corrected chi connectivity index (χ0v) is 22.2. The third kappa shape index (κ3) is 4.28. The highest BCUT2D eigenvalue weighted by Gasteiger charge is 2.48. The molecule has 1 amide bonds. The van der Waals surface area contributed by atoms with Crippen molar-refractivity contribution in [2.45, 2.75) is 6.04 Å². The van der Waals surface area contributed by atoms with Crippen LogP contribution < -0.4 is 23.8 Å². The summed E-state index contributed by atoms with van der Waals surface area (Å²) in [5.41, 5.74) is 1.67. The molecular formula is C28H24ClN3O7. The van der Waals surface area contributed by atoms with Crippen LogP contribution in [0.25, 0.3) is 16.8 Å². The molecule has 200 valence electrons. The number of ether oxygens (including phenoxy) is 4. The number of nitrogens with zero attached hydrogens (tertiary/aromatic N) is 2. The van der Waals surface area contributed by atoms with Gasteiger partial charge in [0.15, 0.2) is 11.5 Å². The number of benzene rings is 3. The first-order valence-electron chi connectivity index (χ1n) is 11.7. The molecule has 1 unspecified atom stereocenters. The second-order valence-electron chi connectivity index (χ2n) is 8.55. The van der Waals surface area contributed by atoms with E-state index in [1.165, 1.54) is 45.5 Å². The van der Waals surface area contributed by atoms with Crippen molar-refractivity contribution < 1.29 is 33.6 Å². The number of hydrogen-bond donors (Lipinski definition) is 2. The average molecular weight is 550 g/mol. The lowest BCUT2D eigenvalue weighted by atomic mass is 9.94. The number of aromatic nitrogens is 2. The zero-order valence-electron chi connectivity index (χ0n) is 21.4. The lowest BCUT2D eigenvalue weighted by Gasteiger charge is -2.24. The van der Waals surface area contributed by atoms with E-state index in [0.717, 1.165) is 0 Å². The molecule has 11 heteroatoms. The molecule has 0 aliphatic carbocycles. The lowest BCUT2D eigenvalue weighted by Crippen LogP contribution is -2.30. The van der Waals surface area contributed by atoms with E-state index in [0.29, 0.717) is 28.1 Å². The van der Waals surface area contributed by atoms with E-state index < -0.39 is 23.5 Å². The molecule has 1 aromatic heterocycles. The van der Waals surface area contributed by atoms with Gasteiger partial charge in [-0.25, -0.2) is 4.98 Å². The molecular weight excluding hydrogens is 526 g/mol. The second-order valence-corrected chi connectivity index (χ2v) is 8.96. The Labute approximate surface area is 228 Å². The number of anilines is 1. The van der Waals surface area contributed by atoms with Crippen molar-refractivity contribution in [2.75, 3.05) is 33.3 Å². The van der Waals surface area contributed by atoms with Crippen molar-refractivity contribution in [1.29, 1.82) is 0 Å². The lowest BCUT2D eigenvalue weighted by molar-refractivity contribution is -0.132. The maximum Gasteiger partial charge on any atom is 0.302 e. The summed E-state index contributed by atoms with van der Waals surface area (Å²) in [7, 11) is 5.79. The summed E-state index contributed by atoms with van der Waals surface area (Å²) in [4.78, 5) is 36.0. The number of amides is 1. The molecule has 0 spiro atoms. The Balaban J connectivity index is 1.79. The first-order valence-corrected chi connectivity index (χ1v) is 12.1. The number of rotatable bonds is 7. The number of aliphatic hydroxyl groups excluding tert-OH is 1. The number of methoxy groups -OCH3 is 4. The molecule has 4 aromatic rings. The van der Waals surface area contributed by atoms with Crippen molar-refractivity contribution in [2.24, 2.45) is 0 Å². The number of nitrogens with one attached hydrogen (secondary N) is 1. The molecule has 1 fully saturated rings. The van der Waals surface area contributed by atoms with Gasteiger partial charge < -0.3 is 29.0 Å². The van der Waals surface area contributed by atoms with Crippen LogP contribution in [-0.2, 0) is 9.59 Å². The standard InChI is InChI=1S/C28H24ClN3O7/c1-36-19-10-9-14(11-22(19)39-4)24-23(25(33)15-12-21(38-3)16(29)13-20(15)37-2)26(34)27(35)32(24)28-30-17-7-5-6-8-18(17)31-28/h5-13,24,33H,1-4H3,(H,30,31)/b25-23+. The minimum absolute atomic E-state index is 0.117. The number of hydrogen-bond acceptors (Lipinski definition) is 8. The molecule has 1 saturated heterocycles. The Kier molecular flexibility index (Phi) is 6.80. The van der Waals surface area contributed by atoms with E-state index >= 15 is 0 Å². The highest BCUT2D eigenvalue weighted by atomic mass is 35.5. The number of imidazole rings is 1. The van der Waals surface area contributed by atoms with Gasteiger partial charge in [0, 0.05) is 6.07 Å². The molecule has 3 aromatic carbocycles. The largest absolute Gasteiger partial charge is 0.507 e. The number of Topliss-reactive ketones (excluding diaryl/α,β-unsaturated/α-hetero) is 1. The summed E-state index contributed by atoms with van der Waals surface area (Å²) >= 11 is 6.25. The fourth-order valence-electron chi connectivity index (χ4n) is 4.63. The van der Waals surface area contributed by atoms with Crippen molar-refractivity contribution in [3.63, 3.8) is 0 Å². The van der Waals surface area contributed by atoms with Crippen LogP contribution in [0.4, 0.5) is 5.95 Å². The number of para-hydroxylation sites is 2. The fourth-order valence-corrected chi connectivity index (χ4v) is 4.86. The number of ketones is 1. The molecule has 39 heavy (non-hydrogen) atoms. The van der Waals surface area contributed by atoms with Crippen LogP contribution in [0.2, 0.25) is 5.02 Å². The number of carbonyl (C=O) groups is 2. The first kappa shape index (κ1) is 25.9. The monoisotopic (exact) mass is 549 g/mol.